The fourth-order valence-corrected chi connectivity index (χ4v) is 3.43. The maximum absolute atomic E-state index is 12.4. The predicted octanol–water partition coefficient (Wildman–Crippen LogP) is 2.24. The molecule has 2 aliphatic rings. The molecule has 7 heteroatoms. The van der Waals surface area contributed by atoms with Gasteiger partial charge in [0.05, 0.1) is 25.8 Å². The van der Waals surface area contributed by atoms with Crippen LogP contribution >= 0.6 is 12.2 Å². The second-order valence-corrected chi connectivity index (χ2v) is 6.29. The number of thiocarbonyl (C=S) groups is 1. The normalized spacial score (nSPS) is 20.7. The number of methoxy groups -OCH3 is 2. The van der Waals surface area contributed by atoms with Gasteiger partial charge in [0.1, 0.15) is 0 Å². The van der Waals surface area contributed by atoms with Crippen molar-refractivity contribution in [3.63, 3.8) is 0 Å². The topological polar surface area (TPSA) is 71.0 Å². The molecule has 1 aliphatic carbocycles. The first kappa shape index (κ1) is 16.6. The third kappa shape index (κ3) is 2.80. The number of ether oxygens (including phenoxy) is 2. The number of carbonyl (C=O) groups is 1. The number of rotatable bonds is 4. The van der Waals surface area contributed by atoms with Crippen LogP contribution in [0.2, 0.25) is 0 Å². The molecular formula is C17H20N2O4S. The van der Waals surface area contributed by atoms with Crippen LogP contribution in [0.1, 0.15) is 31.4 Å². The summed E-state index contributed by atoms with van der Waals surface area (Å²) in [5, 5.41) is 13.6. The lowest BCUT2D eigenvalue weighted by molar-refractivity contribution is -0.136. The van der Waals surface area contributed by atoms with Crippen LogP contribution < -0.4 is 10.1 Å². The number of phenols is 1. The minimum atomic E-state index is -0.450. The first-order valence-corrected chi connectivity index (χ1v) is 8.14. The van der Waals surface area contributed by atoms with Crippen molar-refractivity contribution in [2.45, 2.75) is 31.8 Å². The molecule has 128 valence electrons. The Balaban J connectivity index is 2.08. The van der Waals surface area contributed by atoms with Crippen LogP contribution in [0.15, 0.2) is 29.5 Å². The van der Waals surface area contributed by atoms with Crippen LogP contribution in [0.5, 0.6) is 11.5 Å². The molecule has 24 heavy (non-hydrogen) atoms. The van der Waals surface area contributed by atoms with E-state index in [0.717, 1.165) is 24.1 Å². The Labute approximate surface area is 146 Å². The minimum Gasteiger partial charge on any atom is -0.504 e. The van der Waals surface area contributed by atoms with Crippen molar-refractivity contribution in [2.75, 3.05) is 14.2 Å². The molecule has 3 rings (SSSR count). The van der Waals surface area contributed by atoms with Crippen LogP contribution in [0.25, 0.3) is 0 Å². The number of hydrogen-bond acceptors (Lipinski definition) is 5. The van der Waals surface area contributed by atoms with Gasteiger partial charge in [-0.15, -0.1) is 0 Å². The van der Waals surface area contributed by atoms with E-state index >= 15 is 0 Å². The van der Waals surface area contributed by atoms with Crippen LogP contribution in [-0.4, -0.2) is 41.3 Å². The molecule has 0 radical (unpaired) electrons. The highest BCUT2D eigenvalue weighted by atomic mass is 32.1. The van der Waals surface area contributed by atoms with E-state index in [-0.39, 0.29) is 5.75 Å². The van der Waals surface area contributed by atoms with E-state index in [4.69, 9.17) is 21.7 Å². The van der Waals surface area contributed by atoms with Gasteiger partial charge < -0.3 is 24.8 Å². The van der Waals surface area contributed by atoms with Crippen LogP contribution in [0.3, 0.4) is 0 Å². The van der Waals surface area contributed by atoms with Crippen LogP contribution in [-0.2, 0) is 9.53 Å². The van der Waals surface area contributed by atoms with E-state index in [1.54, 1.807) is 12.1 Å². The zero-order chi connectivity index (χ0) is 17.4. The van der Waals surface area contributed by atoms with Gasteiger partial charge in [0.15, 0.2) is 16.6 Å². The number of allylic oxidation sites excluding steroid dienone is 1. The number of phenolic OH excluding ortho intramolecular Hbond substituents is 1. The van der Waals surface area contributed by atoms with E-state index in [1.165, 1.54) is 20.3 Å². The van der Waals surface area contributed by atoms with E-state index in [9.17, 15) is 9.90 Å². The standard InChI is InChI=1S/C17H20N2O4S/c1-9-14(16(21)23-3)15(18-17(24)19(9)11-5-6-11)10-4-7-12(20)13(8-10)22-2/h4,7-8,11,15,20H,5-6H2,1-3H3,(H,18,24). The second-order valence-electron chi connectivity index (χ2n) is 5.91. The number of hydrogen-bond donors (Lipinski definition) is 2. The highest BCUT2D eigenvalue weighted by Crippen LogP contribution is 2.39. The third-order valence-electron chi connectivity index (χ3n) is 4.38. The first-order chi connectivity index (χ1) is 11.5. The lowest BCUT2D eigenvalue weighted by atomic mass is 9.94. The van der Waals surface area contributed by atoms with Gasteiger partial charge in [0, 0.05) is 11.7 Å². The molecule has 1 aromatic rings. The Bertz CT molecular complexity index is 727. The van der Waals surface area contributed by atoms with Gasteiger partial charge in [0.25, 0.3) is 0 Å². The maximum Gasteiger partial charge on any atom is 0.337 e. The molecule has 1 aliphatic heterocycles. The second kappa shape index (κ2) is 6.32. The summed E-state index contributed by atoms with van der Waals surface area (Å²) in [4.78, 5) is 14.4. The minimum absolute atomic E-state index is 0.0413. The third-order valence-corrected chi connectivity index (χ3v) is 4.70. The summed E-state index contributed by atoms with van der Waals surface area (Å²) in [6.07, 6.45) is 2.12. The molecule has 0 bridgehead atoms. The fraction of sp³-hybridized carbons (Fsp3) is 0.412. The van der Waals surface area contributed by atoms with Gasteiger partial charge in [-0.1, -0.05) is 6.07 Å². The van der Waals surface area contributed by atoms with Crippen molar-refractivity contribution in [1.29, 1.82) is 0 Å². The predicted molar refractivity (Wildman–Crippen MR) is 92.7 cm³/mol. The van der Waals surface area contributed by atoms with Crippen molar-refractivity contribution < 1.29 is 19.4 Å². The number of carbonyl (C=O) groups excluding carboxylic acids is 1. The molecule has 1 aromatic carbocycles. The summed E-state index contributed by atoms with van der Waals surface area (Å²) in [5.41, 5.74) is 2.10. The van der Waals surface area contributed by atoms with E-state index in [0.29, 0.717) is 22.5 Å². The van der Waals surface area contributed by atoms with Crippen molar-refractivity contribution in [1.82, 2.24) is 10.2 Å². The molecule has 1 atom stereocenters. The molecule has 0 amide bonds. The summed E-state index contributed by atoms with van der Waals surface area (Å²) in [5.74, 6) is -0.0172. The molecule has 6 nitrogen and oxygen atoms in total. The Morgan fingerprint density at radius 3 is 2.67 bits per heavy atom. The Kier molecular flexibility index (Phi) is 4.36. The van der Waals surface area contributed by atoms with Gasteiger partial charge in [-0.25, -0.2) is 4.79 Å². The molecular weight excluding hydrogens is 328 g/mol. The van der Waals surface area contributed by atoms with E-state index in [2.05, 4.69) is 5.32 Å². The highest BCUT2D eigenvalue weighted by molar-refractivity contribution is 7.80. The van der Waals surface area contributed by atoms with Gasteiger partial charge in [0.2, 0.25) is 0 Å². The van der Waals surface area contributed by atoms with E-state index < -0.39 is 12.0 Å². The quantitative estimate of drug-likeness (QED) is 0.639. The molecule has 1 saturated carbocycles. The molecule has 0 aromatic heterocycles. The number of nitrogens with one attached hydrogen (secondary N) is 1. The molecule has 0 saturated heterocycles. The number of esters is 1. The summed E-state index contributed by atoms with van der Waals surface area (Å²) < 4.78 is 10.2. The van der Waals surface area contributed by atoms with E-state index in [1.807, 2.05) is 11.8 Å². The zero-order valence-corrected chi connectivity index (χ0v) is 14.6. The number of nitrogens with zero attached hydrogens (tertiary/aromatic N) is 1. The van der Waals surface area contributed by atoms with Gasteiger partial charge in [-0.05, 0) is 49.7 Å². The molecule has 0 spiro atoms. The average Bonchev–Trinajstić information content (AvgIpc) is 3.39. The zero-order valence-electron chi connectivity index (χ0n) is 13.8. The molecule has 1 unspecified atom stereocenters. The first-order valence-electron chi connectivity index (χ1n) is 7.73. The fourth-order valence-electron chi connectivity index (χ4n) is 3.03. The smallest absolute Gasteiger partial charge is 0.337 e. The van der Waals surface area contributed by atoms with Gasteiger partial charge in [-0.3, -0.25) is 0 Å². The highest BCUT2D eigenvalue weighted by Gasteiger charge is 2.40. The number of aromatic hydroxyl groups is 1. The molecule has 1 fully saturated rings. The summed E-state index contributed by atoms with van der Waals surface area (Å²) in [6.45, 7) is 1.89. The van der Waals surface area contributed by atoms with Crippen molar-refractivity contribution in [3.05, 3.63) is 35.0 Å². The van der Waals surface area contributed by atoms with Crippen LogP contribution in [0.4, 0.5) is 0 Å². The molecule has 2 N–H and O–H groups in total. The lowest BCUT2D eigenvalue weighted by Gasteiger charge is -2.37. The molecule has 1 heterocycles. The largest absolute Gasteiger partial charge is 0.504 e. The van der Waals surface area contributed by atoms with Crippen molar-refractivity contribution in [3.8, 4) is 11.5 Å². The summed E-state index contributed by atoms with van der Waals surface area (Å²) in [7, 11) is 2.85. The van der Waals surface area contributed by atoms with Gasteiger partial charge in [-0.2, -0.15) is 0 Å². The Hall–Kier alpha value is -2.28. The van der Waals surface area contributed by atoms with Gasteiger partial charge >= 0.3 is 5.97 Å². The SMILES string of the molecule is COC(=O)C1=C(C)N(C2CC2)C(=S)NC1c1ccc(O)c(OC)c1. The lowest BCUT2D eigenvalue weighted by Crippen LogP contribution is -2.48. The number of benzene rings is 1. The summed E-state index contributed by atoms with van der Waals surface area (Å²) >= 11 is 5.51. The van der Waals surface area contributed by atoms with Crippen molar-refractivity contribution in [2.24, 2.45) is 0 Å². The maximum atomic E-state index is 12.4. The Morgan fingerprint density at radius 2 is 2.08 bits per heavy atom. The average molecular weight is 348 g/mol. The van der Waals surface area contributed by atoms with Crippen LogP contribution in [0, 0.1) is 0 Å². The van der Waals surface area contributed by atoms with Crippen molar-refractivity contribution >= 4 is 23.3 Å². The monoisotopic (exact) mass is 348 g/mol. The Morgan fingerprint density at radius 1 is 1.38 bits per heavy atom. The summed E-state index contributed by atoms with van der Waals surface area (Å²) in [6, 6.07) is 4.87.